The van der Waals surface area contributed by atoms with Gasteiger partial charge in [-0.1, -0.05) is 12.7 Å². The molecule has 0 saturated carbocycles. The first kappa shape index (κ1) is 14.3. The Balaban J connectivity index is 0. The SMILES string of the molecule is C=CC[N+](C)(C)C(C)C=CC.[Cl-]. The van der Waals surface area contributed by atoms with Gasteiger partial charge in [-0.25, -0.2) is 0 Å². The summed E-state index contributed by atoms with van der Waals surface area (Å²) in [5, 5.41) is 0. The molecule has 0 aliphatic rings. The van der Waals surface area contributed by atoms with Crippen molar-refractivity contribution in [3.63, 3.8) is 0 Å². The minimum atomic E-state index is 0. The molecule has 0 bridgehead atoms. The van der Waals surface area contributed by atoms with E-state index in [9.17, 15) is 0 Å². The lowest BCUT2D eigenvalue weighted by molar-refractivity contribution is -0.900. The Morgan fingerprint density at radius 1 is 1.42 bits per heavy atom. The molecule has 0 N–H and O–H groups in total. The number of allylic oxidation sites excluding steroid dienone is 1. The third-order valence-electron chi connectivity index (χ3n) is 2.17. The average Bonchev–Trinajstić information content (AvgIpc) is 1.88. The van der Waals surface area contributed by atoms with Gasteiger partial charge in [0.05, 0.1) is 20.6 Å². The lowest BCUT2D eigenvalue weighted by Gasteiger charge is -2.33. The van der Waals surface area contributed by atoms with Crippen LogP contribution >= 0.6 is 0 Å². The van der Waals surface area contributed by atoms with Gasteiger partial charge in [0.1, 0.15) is 6.04 Å². The van der Waals surface area contributed by atoms with Crippen molar-refractivity contribution in [3.05, 3.63) is 24.8 Å². The Labute approximate surface area is 82.8 Å². The summed E-state index contributed by atoms with van der Waals surface area (Å²) in [4.78, 5) is 0. The van der Waals surface area contributed by atoms with Crippen LogP contribution in [-0.2, 0) is 0 Å². The maximum atomic E-state index is 3.75. The molecule has 0 rings (SSSR count). The molecular formula is C10H20ClN. The van der Waals surface area contributed by atoms with Crippen LogP contribution in [0.25, 0.3) is 0 Å². The molecule has 0 amide bonds. The quantitative estimate of drug-likeness (QED) is 0.402. The van der Waals surface area contributed by atoms with E-state index in [0.717, 1.165) is 11.0 Å². The van der Waals surface area contributed by atoms with Crippen molar-refractivity contribution in [1.82, 2.24) is 0 Å². The first-order chi connectivity index (χ1) is 5.04. The fourth-order valence-electron chi connectivity index (χ4n) is 1.01. The Morgan fingerprint density at radius 2 is 1.92 bits per heavy atom. The average molecular weight is 190 g/mol. The van der Waals surface area contributed by atoms with Crippen molar-refractivity contribution >= 4 is 0 Å². The lowest BCUT2D eigenvalue weighted by atomic mass is 10.2. The van der Waals surface area contributed by atoms with Crippen LogP contribution in [-0.4, -0.2) is 31.2 Å². The first-order valence-corrected chi connectivity index (χ1v) is 4.11. The molecule has 1 atom stereocenters. The Bertz CT molecular complexity index is 150. The van der Waals surface area contributed by atoms with E-state index in [1.165, 1.54) is 0 Å². The molecular weight excluding hydrogens is 170 g/mol. The highest BCUT2D eigenvalue weighted by Crippen LogP contribution is 2.07. The molecule has 0 aromatic heterocycles. The molecule has 0 aliphatic heterocycles. The van der Waals surface area contributed by atoms with Crippen LogP contribution in [0.4, 0.5) is 0 Å². The number of likely N-dealkylation sites (N-methyl/N-ethyl adjacent to an activating group) is 1. The molecule has 12 heavy (non-hydrogen) atoms. The molecule has 0 radical (unpaired) electrons. The third-order valence-corrected chi connectivity index (χ3v) is 2.17. The molecule has 0 aliphatic carbocycles. The molecule has 72 valence electrons. The highest BCUT2D eigenvalue weighted by molar-refractivity contribution is 4.84. The zero-order chi connectivity index (χ0) is 8.91. The maximum Gasteiger partial charge on any atom is 0.105 e. The van der Waals surface area contributed by atoms with Crippen molar-refractivity contribution in [1.29, 1.82) is 0 Å². The van der Waals surface area contributed by atoms with Crippen LogP contribution in [0.2, 0.25) is 0 Å². The molecule has 2 heteroatoms. The van der Waals surface area contributed by atoms with E-state index < -0.39 is 0 Å². The van der Waals surface area contributed by atoms with Crippen molar-refractivity contribution in [2.24, 2.45) is 0 Å². The standard InChI is InChI=1S/C10H20N.ClH/c1-6-8-10(3)11(4,5)9-7-2;/h6-8,10H,2,9H2,1,3-5H3;1H/q+1;/p-1. The van der Waals surface area contributed by atoms with Gasteiger partial charge in [-0.05, 0) is 26.0 Å². The topological polar surface area (TPSA) is 0 Å². The molecule has 0 saturated heterocycles. The Kier molecular flexibility index (Phi) is 7.45. The molecule has 0 spiro atoms. The van der Waals surface area contributed by atoms with Crippen molar-refractivity contribution in [3.8, 4) is 0 Å². The summed E-state index contributed by atoms with van der Waals surface area (Å²) >= 11 is 0. The fraction of sp³-hybridized carbons (Fsp3) is 0.600. The van der Waals surface area contributed by atoms with E-state index in [0.29, 0.717) is 6.04 Å². The highest BCUT2D eigenvalue weighted by Gasteiger charge is 2.18. The van der Waals surface area contributed by atoms with Gasteiger partial charge in [0.25, 0.3) is 0 Å². The predicted molar refractivity (Wildman–Crippen MR) is 51.4 cm³/mol. The summed E-state index contributed by atoms with van der Waals surface area (Å²) in [5.41, 5.74) is 0. The van der Waals surface area contributed by atoms with Crippen LogP contribution in [0.3, 0.4) is 0 Å². The molecule has 0 aromatic rings. The van der Waals surface area contributed by atoms with Gasteiger partial charge in [0.2, 0.25) is 0 Å². The normalized spacial score (nSPS) is 14.0. The highest BCUT2D eigenvalue weighted by atomic mass is 35.5. The zero-order valence-electron chi connectivity index (χ0n) is 8.55. The van der Waals surface area contributed by atoms with Crippen LogP contribution < -0.4 is 12.4 Å². The summed E-state index contributed by atoms with van der Waals surface area (Å²) in [5.74, 6) is 0. The van der Waals surface area contributed by atoms with Crippen LogP contribution in [0.15, 0.2) is 24.8 Å². The van der Waals surface area contributed by atoms with Crippen LogP contribution in [0.5, 0.6) is 0 Å². The van der Waals surface area contributed by atoms with E-state index in [4.69, 9.17) is 0 Å². The molecule has 0 fully saturated rings. The van der Waals surface area contributed by atoms with Gasteiger partial charge in [-0.2, -0.15) is 0 Å². The maximum absolute atomic E-state index is 3.75. The van der Waals surface area contributed by atoms with Crippen molar-refractivity contribution < 1.29 is 16.9 Å². The molecule has 1 unspecified atom stereocenters. The minimum absolute atomic E-state index is 0. The number of halogens is 1. The molecule has 0 heterocycles. The number of hydrogen-bond acceptors (Lipinski definition) is 0. The van der Waals surface area contributed by atoms with Crippen LogP contribution in [0, 0.1) is 0 Å². The van der Waals surface area contributed by atoms with Gasteiger partial charge in [-0.3, -0.25) is 0 Å². The fourth-order valence-corrected chi connectivity index (χ4v) is 1.01. The van der Waals surface area contributed by atoms with Gasteiger partial charge in [0.15, 0.2) is 0 Å². The predicted octanol–water partition coefficient (Wildman–Crippen LogP) is -0.783. The molecule has 1 nitrogen and oxygen atoms in total. The van der Waals surface area contributed by atoms with E-state index in [1.807, 2.05) is 6.08 Å². The summed E-state index contributed by atoms with van der Waals surface area (Å²) in [6.45, 7) is 9.05. The number of hydrogen-bond donors (Lipinski definition) is 0. The van der Waals surface area contributed by atoms with Gasteiger partial charge in [0, 0.05) is 0 Å². The van der Waals surface area contributed by atoms with Crippen molar-refractivity contribution in [2.45, 2.75) is 19.9 Å². The second kappa shape index (κ2) is 6.27. The van der Waals surface area contributed by atoms with Gasteiger partial charge in [-0.15, -0.1) is 0 Å². The van der Waals surface area contributed by atoms with E-state index in [1.54, 1.807) is 0 Å². The van der Waals surface area contributed by atoms with E-state index in [-0.39, 0.29) is 12.4 Å². The number of quaternary nitrogens is 1. The zero-order valence-corrected chi connectivity index (χ0v) is 9.30. The second-order valence-corrected chi connectivity index (χ2v) is 3.52. The monoisotopic (exact) mass is 189 g/mol. The van der Waals surface area contributed by atoms with Crippen molar-refractivity contribution in [2.75, 3.05) is 20.6 Å². The molecule has 0 aromatic carbocycles. The summed E-state index contributed by atoms with van der Waals surface area (Å²) < 4.78 is 0.980. The minimum Gasteiger partial charge on any atom is -1.00 e. The number of rotatable bonds is 4. The smallest absolute Gasteiger partial charge is 0.105 e. The van der Waals surface area contributed by atoms with E-state index >= 15 is 0 Å². The van der Waals surface area contributed by atoms with Gasteiger partial charge < -0.3 is 16.9 Å². The lowest BCUT2D eigenvalue weighted by Crippen LogP contribution is -3.00. The van der Waals surface area contributed by atoms with E-state index in [2.05, 4.69) is 46.7 Å². The summed E-state index contributed by atoms with van der Waals surface area (Å²) in [6.07, 6.45) is 6.30. The Morgan fingerprint density at radius 3 is 2.25 bits per heavy atom. The largest absolute Gasteiger partial charge is 1.00 e. The summed E-state index contributed by atoms with van der Waals surface area (Å²) in [6, 6.07) is 0.568. The first-order valence-electron chi connectivity index (χ1n) is 4.11. The number of nitrogens with zero attached hydrogens (tertiary/aromatic N) is 1. The third kappa shape index (κ3) is 4.58. The Hall–Kier alpha value is -0.270. The van der Waals surface area contributed by atoms with Gasteiger partial charge >= 0.3 is 0 Å². The second-order valence-electron chi connectivity index (χ2n) is 3.52. The summed E-state index contributed by atoms with van der Waals surface area (Å²) in [7, 11) is 4.43. The van der Waals surface area contributed by atoms with Crippen LogP contribution in [0.1, 0.15) is 13.8 Å².